The second-order valence-corrected chi connectivity index (χ2v) is 6.18. The van der Waals surface area contributed by atoms with Gasteiger partial charge in [0.2, 0.25) is 17.7 Å². The zero-order valence-electron chi connectivity index (χ0n) is 13.5. The zero-order chi connectivity index (χ0) is 16.3. The molecule has 3 amide bonds. The fraction of sp³-hybridized carbons (Fsp3) is 0.800. The number of hydrogen-bond donors (Lipinski definition) is 1. The molecule has 0 aromatic rings. The lowest BCUT2D eigenvalue weighted by atomic mass is 10.0. The molecule has 2 rings (SSSR count). The van der Waals surface area contributed by atoms with Crippen LogP contribution in [0.25, 0.3) is 0 Å². The molecule has 2 aliphatic rings. The van der Waals surface area contributed by atoms with E-state index in [1.807, 2.05) is 18.7 Å². The summed E-state index contributed by atoms with van der Waals surface area (Å²) in [6.07, 6.45) is 1.41. The topological polar surface area (TPSA) is 79.0 Å². The first-order valence-electron chi connectivity index (χ1n) is 7.85. The normalized spacial score (nSPS) is 25.7. The van der Waals surface area contributed by atoms with E-state index < -0.39 is 0 Å². The number of carbonyl (C=O) groups is 3. The van der Waals surface area contributed by atoms with Crippen molar-refractivity contribution in [3.8, 4) is 0 Å². The van der Waals surface area contributed by atoms with E-state index in [0.717, 1.165) is 0 Å². The molecular weight excluding hydrogens is 286 g/mol. The Kier molecular flexibility index (Phi) is 5.39. The monoisotopic (exact) mass is 311 g/mol. The van der Waals surface area contributed by atoms with E-state index in [4.69, 9.17) is 4.74 Å². The van der Waals surface area contributed by atoms with E-state index in [-0.39, 0.29) is 49.1 Å². The van der Waals surface area contributed by atoms with Gasteiger partial charge in [0.05, 0.1) is 18.7 Å². The van der Waals surface area contributed by atoms with Crippen LogP contribution in [-0.4, -0.2) is 72.0 Å². The Hall–Kier alpha value is -1.63. The fourth-order valence-corrected chi connectivity index (χ4v) is 3.24. The number of rotatable bonds is 3. The van der Waals surface area contributed by atoms with E-state index in [9.17, 15) is 14.4 Å². The Balaban J connectivity index is 2.00. The summed E-state index contributed by atoms with van der Waals surface area (Å²) in [5.41, 5.74) is 0. The van der Waals surface area contributed by atoms with Crippen LogP contribution in [0.15, 0.2) is 0 Å². The van der Waals surface area contributed by atoms with Gasteiger partial charge in [-0.2, -0.15) is 0 Å². The average Bonchev–Trinajstić information content (AvgIpc) is 2.66. The van der Waals surface area contributed by atoms with Crippen LogP contribution < -0.4 is 5.32 Å². The van der Waals surface area contributed by atoms with Gasteiger partial charge in [0.25, 0.3) is 0 Å². The van der Waals surface area contributed by atoms with Crippen molar-refractivity contribution < 1.29 is 19.1 Å². The first kappa shape index (κ1) is 16.7. The molecule has 0 aromatic carbocycles. The SMILES string of the molecule is CC(=O)NCC(=O)N1CC[C@@H]2OCC(=O)N(C(C)C)[C@H]2CC1. The van der Waals surface area contributed by atoms with Crippen LogP contribution in [-0.2, 0) is 19.1 Å². The van der Waals surface area contributed by atoms with Crippen molar-refractivity contribution in [2.75, 3.05) is 26.2 Å². The molecule has 0 aromatic heterocycles. The number of ether oxygens (including phenoxy) is 1. The predicted molar refractivity (Wildman–Crippen MR) is 80.0 cm³/mol. The molecule has 0 aliphatic carbocycles. The number of morpholine rings is 1. The number of nitrogens with zero attached hydrogens (tertiary/aromatic N) is 2. The fourth-order valence-electron chi connectivity index (χ4n) is 3.24. The number of amides is 3. The first-order valence-corrected chi connectivity index (χ1v) is 7.85. The maximum atomic E-state index is 12.1. The van der Waals surface area contributed by atoms with Gasteiger partial charge in [-0.05, 0) is 26.7 Å². The third kappa shape index (κ3) is 3.76. The highest BCUT2D eigenvalue weighted by Crippen LogP contribution is 2.26. The lowest BCUT2D eigenvalue weighted by molar-refractivity contribution is -0.160. The van der Waals surface area contributed by atoms with Crippen molar-refractivity contribution in [1.29, 1.82) is 0 Å². The second-order valence-electron chi connectivity index (χ2n) is 6.18. The lowest BCUT2D eigenvalue weighted by Gasteiger charge is -2.42. The molecule has 0 unspecified atom stereocenters. The molecule has 7 heteroatoms. The van der Waals surface area contributed by atoms with Crippen molar-refractivity contribution in [1.82, 2.24) is 15.1 Å². The second kappa shape index (κ2) is 7.09. The summed E-state index contributed by atoms with van der Waals surface area (Å²) in [5.74, 6) is -0.276. The summed E-state index contributed by atoms with van der Waals surface area (Å²) < 4.78 is 5.68. The third-order valence-electron chi connectivity index (χ3n) is 4.27. The molecule has 2 aliphatic heterocycles. The van der Waals surface area contributed by atoms with Crippen LogP contribution in [0.1, 0.15) is 33.6 Å². The van der Waals surface area contributed by atoms with Gasteiger partial charge in [-0.1, -0.05) is 0 Å². The predicted octanol–water partition coefficient (Wildman–Crippen LogP) is -0.251. The third-order valence-corrected chi connectivity index (χ3v) is 4.27. The van der Waals surface area contributed by atoms with Crippen LogP contribution in [0.2, 0.25) is 0 Å². The molecule has 0 saturated carbocycles. The quantitative estimate of drug-likeness (QED) is 0.779. The van der Waals surface area contributed by atoms with Crippen LogP contribution in [0.3, 0.4) is 0 Å². The molecule has 7 nitrogen and oxygen atoms in total. The Morgan fingerprint density at radius 1 is 1.32 bits per heavy atom. The average molecular weight is 311 g/mol. The Bertz CT molecular complexity index is 452. The van der Waals surface area contributed by atoms with Gasteiger partial charge >= 0.3 is 0 Å². The minimum Gasteiger partial charge on any atom is -0.366 e. The summed E-state index contributed by atoms with van der Waals surface area (Å²) >= 11 is 0. The molecule has 1 N–H and O–H groups in total. The number of likely N-dealkylation sites (tertiary alicyclic amines) is 1. The lowest BCUT2D eigenvalue weighted by Crippen LogP contribution is -2.56. The van der Waals surface area contributed by atoms with Crippen molar-refractivity contribution >= 4 is 17.7 Å². The molecule has 124 valence electrons. The molecule has 2 saturated heterocycles. The van der Waals surface area contributed by atoms with E-state index in [2.05, 4.69) is 5.32 Å². The van der Waals surface area contributed by atoms with Gasteiger partial charge in [-0.25, -0.2) is 0 Å². The van der Waals surface area contributed by atoms with Crippen molar-refractivity contribution in [2.45, 2.75) is 51.8 Å². The van der Waals surface area contributed by atoms with Crippen LogP contribution in [0.5, 0.6) is 0 Å². The number of nitrogens with one attached hydrogen (secondary N) is 1. The highest BCUT2D eigenvalue weighted by atomic mass is 16.5. The van der Waals surface area contributed by atoms with Gasteiger partial charge in [-0.15, -0.1) is 0 Å². The van der Waals surface area contributed by atoms with Gasteiger partial charge in [0.1, 0.15) is 6.61 Å². The Morgan fingerprint density at radius 2 is 2.00 bits per heavy atom. The maximum Gasteiger partial charge on any atom is 0.249 e. The van der Waals surface area contributed by atoms with Gasteiger partial charge in [0, 0.05) is 26.1 Å². The summed E-state index contributed by atoms with van der Waals surface area (Å²) in [6.45, 7) is 6.73. The highest BCUT2D eigenvalue weighted by molar-refractivity contribution is 5.83. The minimum atomic E-state index is -0.211. The van der Waals surface area contributed by atoms with Gasteiger partial charge < -0.3 is 19.9 Å². The highest BCUT2D eigenvalue weighted by Gasteiger charge is 2.39. The molecule has 0 radical (unpaired) electrons. The summed E-state index contributed by atoms with van der Waals surface area (Å²) in [6, 6.07) is 0.158. The van der Waals surface area contributed by atoms with Crippen LogP contribution >= 0.6 is 0 Å². The molecule has 0 spiro atoms. The van der Waals surface area contributed by atoms with Gasteiger partial charge in [-0.3, -0.25) is 14.4 Å². The number of fused-ring (bicyclic) bond motifs is 1. The largest absolute Gasteiger partial charge is 0.366 e. The summed E-state index contributed by atoms with van der Waals surface area (Å²) in [5, 5.41) is 2.53. The maximum absolute atomic E-state index is 12.1. The Morgan fingerprint density at radius 3 is 2.64 bits per heavy atom. The zero-order valence-corrected chi connectivity index (χ0v) is 13.5. The standard InChI is InChI=1S/C15H25N3O4/c1-10(2)18-12-4-6-17(14(20)8-16-11(3)19)7-5-13(12)22-9-15(18)21/h10,12-13H,4-9H2,1-3H3,(H,16,19)/t12-,13-/m0/s1. The van der Waals surface area contributed by atoms with E-state index in [1.165, 1.54) is 6.92 Å². The summed E-state index contributed by atoms with van der Waals surface area (Å²) in [7, 11) is 0. The molecular formula is C15H25N3O4. The van der Waals surface area contributed by atoms with Crippen molar-refractivity contribution in [2.24, 2.45) is 0 Å². The van der Waals surface area contributed by atoms with Crippen molar-refractivity contribution in [3.63, 3.8) is 0 Å². The molecule has 2 atom stereocenters. The van der Waals surface area contributed by atoms with E-state index in [0.29, 0.717) is 25.9 Å². The molecule has 22 heavy (non-hydrogen) atoms. The van der Waals surface area contributed by atoms with E-state index in [1.54, 1.807) is 4.90 Å². The van der Waals surface area contributed by atoms with Crippen molar-refractivity contribution in [3.05, 3.63) is 0 Å². The van der Waals surface area contributed by atoms with Crippen LogP contribution in [0, 0.1) is 0 Å². The molecule has 2 fully saturated rings. The summed E-state index contributed by atoms with van der Waals surface area (Å²) in [4.78, 5) is 38.8. The minimum absolute atomic E-state index is 0.0151. The molecule has 0 bridgehead atoms. The number of carbonyl (C=O) groups excluding carboxylic acids is 3. The smallest absolute Gasteiger partial charge is 0.249 e. The Labute approximate surface area is 131 Å². The van der Waals surface area contributed by atoms with Crippen LogP contribution in [0.4, 0.5) is 0 Å². The van der Waals surface area contributed by atoms with Gasteiger partial charge in [0.15, 0.2) is 0 Å². The molecule has 2 heterocycles. The first-order chi connectivity index (χ1) is 10.4. The number of hydrogen-bond acceptors (Lipinski definition) is 4. The van der Waals surface area contributed by atoms with E-state index >= 15 is 0 Å².